The van der Waals surface area contributed by atoms with Gasteiger partial charge in [0.25, 0.3) is 0 Å². The van der Waals surface area contributed by atoms with Crippen LogP contribution in [0.25, 0.3) is 10.9 Å². The standard InChI is InChI=1S/C25H27N5O4S2/c1-17-6-8-19(9-7-17)36(32,33)29-22(14-18-15-26-21-5-3-2-4-20(18)21)24(31)28-25-27-16-23(35-25)30-10-12-34-13-11-30/h2-9,15-16,22,26,29H,10-14H2,1H3,(H,27,28,31)/t22-/m0/s1. The fourth-order valence-corrected chi connectivity index (χ4v) is 6.19. The maximum absolute atomic E-state index is 13.4. The molecular formula is C25H27N5O4S2. The van der Waals surface area contributed by atoms with E-state index in [9.17, 15) is 13.2 Å². The van der Waals surface area contributed by atoms with Crippen molar-refractivity contribution in [3.63, 3.8) is 0 Å². The topological polar surface area (TPSA) is 116 Å². The van der Waals surface area contributed by atoms with Gasteiger partial charge in [0.1, 0.15) is 11.0 Å². The maximum Gasteiger partial charge on any atom is 0.244 e. The van der Waals surface area contributed by atoms with Gasteiger partial charge in [-0.15, -0.1) is 0 Å². The molecular weight excluding hydrogens is 498 g/mol. The van der Waals surface area contributed by atoms with Gasteiger partial charge in [-0.05, 0) is 37.1 Å². The molecule has 1 saturated heterocycles. The molecule has 0 unspecified atom stereocenters. The number of nitrogens with one attached hydrogen (secondary N) is 3. The van der Waals surface area contributed by atoms with Gasteiger partial charge < -0.3 is 19.9 Å². The van der Waals surface area contributed by atoms with Crippen LogP contribution in [0.15, 0.2) is 65.8 Å². The minimum absolute atomic E-state index is 0.105. The van der Waals surface area contributed by atoms with E-state index in [4.69, 9.17) is 4.74 Å². The van der Waals surface area contributed by atoms with E-state index in [1.165, 1.54) is 23.5 Å². The molecule has 9 nitrogen and oxygen atoms in total. The number of nitrogens with zero attached hydrogens (tertiary/aromatic N) is 2. The van der Waals surface area contributed by atoms with Gasteiger partial charge in [-0.1, -0.05) is 47.2 Å². The van der Waals surface area contributed by atoms with Crippen LogP contribution in [0, 0.1) is 6.92 Å². The minimum Gasteiger partial charge on any atom is -0.378 e. The van der Waals surface area contributed by atoms with Crippen LogP contribution in [-0.4, -0.2) is 56.6 Å². The number of aromatic amines is 1. The van der Waals surface area contributed by atoms with Gasteiger partial charge in [0, 0.05) is 30.2 Å². The molecule has 0 saturated carbocycles. The van der Waals surface area contributed by atoms with E-state index in [1.807, 2.05) is 37.4 Å². The Morgan fingerprint density at radius 1 is 1.17 bits per heavy atom. The number of rotatable bonds is 8. The Balaban J connectivity index is 1.39. The first-order valence-corrected chi connectivity index (χ1v) is 13.9. The summed E-state index contributed by atoms with van der Waals surface area (Å²) in [5.74, 6) is -0.473. The third-order valence-electron chi connectivity index (χ3n) is 6.09. The first-order valence-electron chi connectivity index (χ1n) is 11.6. The Kier molecular flexibility index (Phi) is 7.06. The van der Waals surface area contributed by atoms with Crippen molar-refractivity contribution < 1.29 is 17.9 Å². The fourth-order valence-electron chi connectivity index (χ4n) is 4.13. The number of sulfonamides is 1. The summed E-state index contributed by atoms with van der Waals surface area (Å²) in [5.41, 5.74) is 2.70. The van der Waals surface area contributed by atoms with Gasteiger partial charge in [-0.2, -0.15) is 4.72 Å². The monoisotopic (exact) mass is 525 g/mol. The third-order valence-corrected chi connectivity index (χ3v) is 8.55. The number of benzene rings is 2. The summed E-state index contributed by atoms with van der Waals surface area (Å²) >= 11 is 1.36. The van der Waals surface area contributed by atoms with Crippen molar-refractivity contribution in [2.24, 2.45) is 0 Å². The van der Waals surface area contributed by atoms with E-state index in [2.05, 4.69) is 24.9 Å². The van der Waals surface area contributed by atoms with Crippen LogP contribution in [0.3, 0.4) is 0 Å². The van der Waals surface area contributed by atoms with Crippen molar-refractivity contribution in [2.45, 2.75) is 24.3 Å². The SMILES string of the molecule is Cc1ccc(S(=O)(=O)N[C@@H](Cc2c[nH]c3ccccc23)C(=O)Nc2ncc(N3CCOCC3)s2)cc1. The molecule has 1 fully saturated rings. The number of aromatic nitrogens is 2. The number of carbonyl (C=O) groups excluding carboxylic acids is 1. The van der Waals surface area contributed by atoms with Crippen LogP contribution in [-0.2, 0) is 26.0 Å². The molecule has 0 spiro atoms. The Morgan fingerprint density at radius 3 is 2.69 bits per heavy atom. The smallest absolute Gasteiger partial charge is 0.244 e. The van der Waals surface area contributed by atoms with Crippen LogP contribution in [0.1, 0.15) is 11.1 Å². The number of amides is 1. The molecule has 2 aromatic heterocycles. The largest absolute Gasteiger partial charge is 0.378 e. The summed E-state index contributed by atoms with van der Waals surface area (Å²) in [5, 5.41) is 5.11. The van der Waals surface area contributed by atoms with Gasteiger partial charge in [-0.3, -0.25) is 4.79 Å². The van der Waals surface area contributed by atoms with E-state index in [-0.39, 0.29) is 11.3 Å². The van der Waals surface area contributed by atoms with Crippen LogP contribution in [0.5, 0.6) is 0 Å². The molecule has 1 atom stereocenters. The summed E-state index contributed by atoms with van der Waals surface area (Å²) in [7, 11) is -3.94. The highest BCUT2D eigenvalue weighted by Gasteiger charge is 2.28. The molecule has 1 aliphatic heterocycles. The van der Waals surface area contributed by atoms with Crippen molar-refractivity contribution in [1.29, 1.82) is 0 Å². The quantitative estimate of drug-likeness (QED) is 0.325. The highest BCUT2D eigenvalue weighted by molar-refractivity contribution is 7.89. The molecule has 0 bridgehead atoms. The Morgan fingerprint density at radius 2 is 1.92 bits per heavy atom. The number of H-pyrrole nitrogens is 1. The first kappa shape index (κ1) is 24.4. The first-order chi connectivity index (χ1) is 17.4. The Bertz CT molecular complexity index is 1460. The lowest BCUT2D eigenvalue weighted by Gasteiger charge is -2.26. The van der Waals surface area contributed by atoms with E-state index >= 15 is 0 Å². The van der Waals surface area contributed by atoms with Crippen LogP contribution < -0.4 is 14.9 Å². The average molecular weight is 526 g/mol. The summed E-state index contributed by atoms with van der Waals surface area (Å²) in [6, 6.07) is 13.2. The van der Waals surface area contributed by atoms with Crippen LogP contribution in [0.4, 0.5) is 10.1 Å². The number of para-hydroxylation sites is 1. The van der Waals surface area contributed by atoms with E-state index < -0.39 is 22.0 Å². The number of thiazole rings is 1. The van der Waals surface area contributed by atoms with E-state index in [0.29, 0.717) is 18.3 Å². The number of hydrogen-bond acceptors (Lipinski definition) is 7. The highest BCUT2D eigenvalue weighted by atomic mass is 32.2. The highest BCUT2D eigenvalue weighted by Crippen LogP contribution is 2.28. The second kappa shape index (κ2) is 10.4. The van der Waals surface area contributed by atoms with Crippen LogP contribution in [0.2, 0.25) is 0 Å². The van der Waals surface area contributed by atoms with Crippen molar-refractivity contribution in [3.8, 4) is 0 Å². The molecule has 188 valence electrons. The second-order valence-electron chi connectivity index (χ2n) is 8.64. The predicted molar refractivity (Wildman–Crippen MR) is 141 cm³/mol. The lowest BCUT2D eigenvalue weighted by Crippen LogP contribution is -2.45. The van der Waals surface area contributed by atoms with Crippen molar-refractivity contribution in [2.75, 3.05) is 36.5 Å². The van der Waals surface area contributed by atoms with Gasteiger partial charge in [0.2, 0.25) is 15.9 Å². The molecule has 4 aromatic rings. The number of aryl methyl sites for hydroxylation is 1. The van der Waals surface area contributed by atoms with Gasteiger partial charge in [0.15, 0.2) is 5.13 Å². The van der Waals surface area contributed by atoms with Crippen LogP contribution >= 0.6 is 11.3 Å². The molecule has 1 amide bonds. The fraction of sp³-hybridized carbons (Fsp3) is 0.280. The maximum atomic E-state index is 13.4. The van der Waals surface area contributed by atoms with Crippen molar-refractivity contribution >= 4 is 48.3 Å². The van der Waals surface area contributed by atoms with Crippen molar-refractivity contribution in [3.05, 3.63) is 72.1 Å². The van der Waals surface area contributed by atoms with Crippen molar-refractivity contribution in [1.82, 2.24) is 14.7 Å². The summed E-state index contributed by atoms with van der Waals surface area (Å²) in [4.78, 5) is 23.2. The lowest BCUT2D eigenvalue weighted by atomic mass is 10.1. The third kappa shape index (κ3) is 5.44. The molecule has 36 heavy (non-hydrogen) atoms. The molecule has 0 radical (unpaired) electrons. The number of carbonyl (C=O) groups is 1. The van der Waals surface area contributed by atoms with Gasteiger partial charge >= 0.3 is 0 Å². The predicted octanol–water partition coefficient (Wildman–Crippen LogP) is 3.30. The zero-order valence-corrected chi connectivity index (χ0v) is 21.4. The summed E-state index contributed by atoms with van der Waals surface area (Å²) in [6.45, 7) is 4.70. The number of morpholine rings is 1. The molecule has 0 aliphatic carbocycles. The molecule has 11 heteroatoms. The molecule has 5 rings (SSSR count). The number of hydrogen-bond donors (Lipinski definition) is 3. The average Bonchev–Trinajstić information content (AvgIpc) is 3.52. The molecule has 3 heterocycles. The number of fused-ring (bicyclic) bond motifs is 1. The summed E-state index contributed by atoms with van der Waals surface area (Å²) in [6.07, 6.45) is 3.70. The zero-order chi connectivity index (χ0) is 25.1. The van der Waals surface area contributed by atoms with Gasteiger partial charge in [0.05, 0.1) is 24.3 Å². The molecule has 3 N–H and O–H groups in total. The lowest BCUT2D eigenvalue weighted by molar-refractivity contribution is -0.117. The minimum atomic E-state index is -3.94. The summed E-state index contributed by atoms with van der Waals surface area (Å²) < 4.78 is 34.4. The van der Waals surface area contributed by atoms with E-state index in [0.717, 1.165) is 40.1 Å². The normalized spacial score (nSPS) is 15.2. The number of anilines is 2. The molecule has 2 aromatic carbocycles. The zero-order valence-electron chi connectivity index (χ0n) is 19.7. The van der Waals surface area contributed by atoms with E-state index in [1.54, 1.807) is 18.3 Å². The Hall–Kier alpha value is -3.25. The Labute approximate surface area is 213 Å². The second-order valence-corrected chi connectivity index (χ2v) is 11.4. The number of ether oxygens (including phenoxy) is 1. The van der Waals surface area contributed by atoms with Gasteiger partial charge in [-0.25, -0.2) is 13.4 Å². The molecule has 1 aliphatic rings.